The van der Waals surface area contributed by atoms with Gasteiger partial charge in [0.25, 0.3) is 0 Å². The Morgan fingerprint density at radius 2 is 1.43 bits per heavy atom. The van der Waals surface area contributed by atoms with Crippen LogP contribution >= 0.6 is 11.8 Å². The van der Waals surface area contributed by atoms with E-state index in [0.717, 1.165) is 0 Å². The summed E-state index contributed by atoms with van der Waals surface area (Å²) in [6.07, 6.45) is 0. The second-order valence-electron chi connectivity index (χ2n) is 2.34. The van der Waals surface area contributed by atoms with Gasteiger partial charge in [-0.1, -0.05) is 0 Å². The predicted octanol–water partition coefficient (Wildman–Crippen LogP) is 1.53. The van der Waals surface area contributed by atoms with Gasteiger partial charge in [0.05, 0.1) is 0 Å². The Morgan fingerprint density at radius 3 is 1.43 bits per heavy atom. The first-order valence-corrected chi connectivity index (χ1v) is 2.32. The van der Waals surface area contributed by atoms with E-state index in [2.05, 4.69) is 4.84 Å². The van der Waals surface area contributed by atoms with Crippen molar-refractivity contribution in [1.82, 2.24) is 4.84 Å². The first kappa shape index (κ1) is 10.9. The number of rotatable bonds is 0. The molecule has 0 aliphatic rings. The minimum atomic E-state index is 0. The molecular weight excluding hydrogens is 145 g/mol. The zero-order chi connectivity index (χ0) is 5.21. The van der Waals surface area contributed by atoms with E-state index in [4.69, 9.17) is 11.8 Å². The number of hydrogen-bond acceptors (Lipinski definition) is 1. The maximum atomic E-state index is 5.23. The molecule has 7 heavy (non-hydrogen) atoms. The summed E-state index contributed by atoms with van der Waals surface area (Å²) >= 11 is 5.23. The molecule has 0 rings (SSSR count). The Balaban J connectivity index is 0. The van der Waals surface area contributed by atoms with Crippen LogP contribution in [0.5, 0.6) is 0 Å². The van der Waals surface area contributed by atoms with E-state index >= 15 is 0 Å². The van der Waals surface area contributed by atoms with Crippen molar-refractivity contribution < 1.29 is 21.7 Å². The fraction of sp³-hybridized carbons (Fsp3) is 1.00. The Hall–Kier alpha value is 0.964. The molecule has 0 aliphatic carbocycles. The summed E-state index contributed by atoms with van der Waals surface area (Å²) in [6, 6.07) is 0. The number of hydrogen-bond donors (Lipinski definition) is 1. The van der Waals surface area contributed by atoms with Gasteiger partial charge in [0.1, 0.15) is 0 Å². The van der Waals surface area contributed by atoms with E-state index in [1.54, 1.807) is 0 Å². The summed E-state index contributed by atoms with van der Waals surface area (Å²) in [6.45, 7) is 6.00. The van der Waals surface area contributed by atoms with Crippen molar-refractivity contribution in [3.05, 3.63) is 0 Å². The van der Waals surface area contributed by atoms with Crippen molar-refractivity contribution in [3.8, 4) is 0 Å². The van der Waals surface area contributed by atoms with Crippen molar-refractivity contribution >= 4 is 11.8 Å². The standard InChI is InChI=1S/C4H10ClN.Ti/c1-4(2,3)6-5;/h6H,1-3H3;. The van der Waals surface area contributed by atoms with Crippen LogP contribution in [0.1, 0.15) is 20.8 Å². The maximum Gasteiger partial charge on any atom is 0.0247 e. The van der Waals surface area contributed by atoms with Crippen molar-refractivity contribution in [2.24, 2.45) is 0 Å². The molecule has 0 aromatic rings. The third-order valence-corrected chi connectivity index (χ3v) is 0.850. The average molecular weight is 155 g/mol. The summed E-state index contributed by atoms with van der Waals surface area (Å²) < 4.78 is 0. The van der Waals surface area contributed by atoms with E-state index in [0.29, 0.717) is 0 Å². The molecule has 0 saturated carbocycles. The number of nitrogens with one attached hydrogen (secondary N) is 1. The Morgan fingerprint density at radius 1 is 1.29 bits per heavy atom. The second kappa shape index (κ2) is 3.91. The molecule has 0 aliphatic heterocycles. The smallest absolute Gasteiger partial charge is 0.0247 e. The molecule has 0 radical (unpaired) electrons. The summed E-state index contributed by atoms with van der Waals surface area (Å²) in [5.41, 5.74) is 0.0571. The molecule has 3 heteroatoms. The van der Waals surface area contributed by atoms with E-state index in [1.807, 2.05) is 20.8 Å². The zero-order valence-corrected chi connectivity index (χ0v) is 7.20. The average Bonchev–Trinajstić information content (AvgIpc) is 1.35. The van der Waals surface area contributed by atoms with Crippen LogP contribution in [-0.4, -0.2) is 5.54 Å². The molecule has 0 atom stereocenters. The van der Waals surface area contributed by atoms with Crippen LogP contribution in [0.4, 0.5) is 0 Å². The van der Waals surface area contributed by atoms with Gasteiger partial charge in [-0.15, -0.1) is 0 Å². The van der Waals surface area contributed by atoms with E-state index in [1.165, 1.54) is 0 Å². The normalized spacial score (nSPS) is 10.3. The summed E-state index contributed by atoms with van der Waals surface area (Å²) in [5.74, 6) is 0. The molecule has 0 bridgehead atoms. The van der Waals surface area contributed by atoms with Gasteiger partial charge in [0.2, 0.25) is 0 Å². The van der Waals surface area contributed by atoms with Crippen LogP contribution in [0.25, 0.3) is 0 Å². The first-order valence-electron chi connectivity index (χ1n) is 1.94. The van der Waals surface area contributed by atoms with Gasteiger partial charge >= 0.3 is 0 Å². The monoisotopic (exact) mass is 155 g/mol. The van der Waals surface area contributed by atoms with Crippen molar-refractivity contribution in [2.75, 3.05) is 0 Å². The largest absolute Gasteiger partial charge is 0.228 e. The van der Waals surface area contributed by atoms with Gasteiger partial charge in [-0.2, -0.15) is 0 Å². The topological polar surface area (TPSA) is 12.0 Å². The predicted molar refractivity (Wildman–Crippen MR) is 28.7 cm³/mol. The van der Waals surface area contributed by atoms with E-state index in [9.17, 15) is 0 Å². The molecular formula is C4H10ClNTi. The molecule has 0 heterocycles. The summed E-state index contributed by atoms with van der Waals surface area (Å²) in [5, 5.41) is 0. The quantitative estimate of drug-likeness (QED) is 0.413. The molecule has 42 valence electrons. The van der Waals surface area contributed by atoms with Gasteiger partial charge in [0.15, 0.2) is 0 Å². The van der Waals surface area contributed by atoms with Gasteiger partial charge in [-0.3, -0.25) is 0 Å². The van der Waals surface area contributed by atoms with Gasteiger partial charge in [-0.25, -0.2) is 4.84 Å². The Labute approximate surface area is 64.8 Å². The summed E-state index contributed by atoms with van der Waals surface area (Å²) in [4.78, 5) is 2.58. The molecule has 0 amide bonds. The van der Waals surface area contributed by atoms with Gasteiger partial charge in [-0.05, 0) is 32.5 Å². The first-order chi connectivity index (χ1) is 2.56. The van der Waals surface area contributed by atoms with Crippen molar-refractivity contribution in [1.29, 1.82) is 0 Å². The molecule has 1 nitrogen and oxygen atoms in total. The second-order valence-corrected chi connectivity index (χ2v) is 2.53. The fourth-order valence-corrected chi connectivity index (χ4v) is 0. The van der Waals surface area contributed by atoms with E-state index < -0.39 is 0 Å². The van der Waals surface area contributed by atoms with E-state index in [-0.39, 0.29) is 27.3 Å². The number of halogens is 1. The minimum absolute atomic E-state index is 0. The van der Waals surface area contributed by atoms with Crippen LogP contribution in [0.3, 0.4) is 0 Å². The molecule has 0 aromatic heterocycles. The van der Waals surface area contributed by atoms with Crippen LogP contribution in [0.15, 0.2) is 0 Å². The molecule has 1 N–H and O–H groups in total. The molecule has 0 unspecified atom stereocenters. The minimum Gasteiger partial charge on any atom is -0.228 e. The Bertz CT molecular complexity index is 41.4. The third-order valence-electron chi connectivity index (χ3n) is 0.283. The molecule has 0 saturated heterocycles. The van der Waals surface area contributed by atoms with Crippen LogP contribution in [0, 0.1) is 0 Å². The SMILES string of the molecule is CC(C)(C)NCl.[Ti]. The van der Waals surface area contributed by atoms with Gasteiger partial charge in [0, 0.05) is 27.3 Å². The molecule has 0 spiro atoms. The van der Waals surface area contributed by atoms with Gasteiger partial charge < -0.3 is 0 Å². The molecule has 0 aromatic carbocycles. The fourth-order valence-electron chi connectivity index (χ4n) is 0. The van der Waals surface area contributed by atoms with Crippen LogP contribution in [-0.2, 0) is 21.7 Å². The summed E-state index contributed by atoms with van der Waals surface area (Å²) in [7, 11) is 0. The van der Waals surface area contributed by atoms with Crippen molar-refractivity contribution in [2.45, 2.75) is 26.3 Å². The molecule has 0 fully saturated rings. The third kappa shape index (κ3) is 10.9. The van der Waals surface area contributed by atoms with Crippen LogP contribution in [0.2, 0.25) is 0 Å². The zero-order valence-electron chi connectivity index (χ0n) is 4.88. The Kier molecular flexibility index (Phi) is 6.06. The van der Waals surface area contributed by atoms with Crippen LogP contribution < -0.4 is 4.84 Å². The van der Waals surface area contributed by atoms with Crippen molar-refractivity contribution in [3.63, 3.8) is 0 Å². The maximum absolute atomic E-state index is 5.23.